The molecule has 0 saturated carbocycles. The fourth-order valence-electron chi connectivity index (χ4n) is 3.94. The molecule has 1 saturated heterocycles. The van der Waals surface area contributed by atoms with Gasteiger partial charge >= 0.3 is 0 Å². The van der Waals surface area contributed by atoms with E-state index in [1.54, 1.807) is 30.3 Å². The summed E-state index contributed by atoms with van der Waals surface area (Å²) in [6.45, 7) is 1.53. The van der Waals surface area contributed by atoms with Gasteiger partial charge < -0.3 is 10.1 Å². The van der Waals surface area contributed by atoms with E-state index < -0.39 is 5.82 Å². The van der Waals surface area contributed by atoms with Crippen molar-refractivity contribution in [3.05, 3.63) is 66.4 Å². The van der Waals surface area contributed by atoms with E-state index in [1.807, 2.05) is 24.4 Å². The number of rotatable bonds is 4. The van der Waals surface area contributed by atoms with Crippen LogP contribution in [0.15, 0.2) is 60.0 Å². The third kappa shape index (κ3) is 4.73. The molecule has 10 heteroatoms. The summed E-state index contributed by atoms with van der Waals surface area (Å²) in [6, 6.07) is 9.46. The fourth-order valence-corrected chi connectivity index (χ4v) is 4.73. The summed E-state index contributed by atoms with van der Waals surface area (Å²) in [6.07, 6.45) is 8.75. The number of nitrogens with zero attached hydrogens (tertiary/aromatic N) is 4. The van der Waals surface area contributed by atoms with Gasteiger partial charge in [-0.1, -0.05) is 11.8 Å². The molecule has 0 bridgehead atoms. The average Bonchev–Trinajstić information content (AvgIpc) is 3.27. The van der Waals surface area contributed by atoms with Gasteiger partial charge in [0.2, 0.25) is 0 Å². The number of fused-ring (bicyclic) bond motifs is 1. The number of hydrogen-bond acceptors (Lipinski definition) is 7. The number of aromatic nitrogens is 4. The van der Waals surface area contributed by atoms with Crippen molar-refractivity contribution in [1.29, 1.82) is 10.8 Å². The predicted octanol–water partition coefficient (Wildman–Crippen LogP) is 4.22. The SMILES string of the molecule is Cn1cc(-c2cc(F)c(=N)n(C(=N)Sc3ccc4ncc(NC5CCOCC5)cc4c3)c2)cn1. The minimum absolute atomic E-state index is 0.0263. The number of hydrogen-bond donors (Lipinski definition) is 3. The maximum atomic E-state index is 14.5. The molecule has 174 valence electrons. The van der Waals surface area contributed by atoms with E-state index in [2.05, 4.69) is 21.5 Å². The molecule has 0 atom stereocenters. The molecular formula is C24H24FN7OS. The molecular weight excluding hydrogens is 453 g/mol. The topological polar surface area (TPSA) is 105 Å². The van der Waals surface area contributed by atoms with Gasteiger partial charge in [-0.05, 0) is 43.2 Å². The van der Waals surface area contributed by atoms with Crippen molar-refractivity contribution in [2.75, 3.05) is 18.5 Å². The first-order chi connectivity index (χ1) is 16.5. The lowest BCUT2D eigenvalue weighted by Gasteiger charge is -2.24. The van der Waals surface area contributed by atoms with Crippen LogP contribution < -0.4 is 10.8 Å². The minimum atomic E-state index is -0.696. The van der Waals surface area contributed by atoms with Gasteiger partial charge in [-0.2, -0.15) is 5.10 Å². The molecule has 1 fully saturated rings. The number of anilines is 1. The molecule has 0 amide bonds. The molecule has 1 aliphatic rings. The van der Waals surface area contributed by atoms with Crippen LogP contribution in [0.3, 0.4) is 0 Å². The van der Waals surface area contributed by atoms with E-state index in [4.69, 9.17) is 15.6 Å². The van der Waals surface area contributed by atoms with Gasteiger partial charge in [0, 0.05) is 60.1 Å². The Kier molecular flexibility index (Phi) is 6.16. The second-order valence-corrected chi connectivity index (χ2v) is 9.28. The van der Waals surface area contributed by atoms with Crippen LogP contribution >= 0.6 is 11.8 Å². The molecule has 34 heavy (non-hydrogen) atoms. The Labute approximate surface area is 199 Å². The molecule has 3 aromatic heterocycles. The Morgan fingerprint density at radius 3 is 2.74 bits per heavy atom. The molecule has 4 heterocycles. The highest BCUT2D eigenvalue weighted by Crippen LogP contribution is 2.27. The summed E-state index contributed by atoms with van der Waals surface area (Å²) in [7, 11) is 1.78. The summed E-state index contributed by atoms with van der Waals surface area (Å²) >= 11 is 1.16. The number of ether oxygens (including phenoxy) is 1. The van der Waals surface area contributed by atoms with Crippen LogP contribution in [0.4, 0.5) is 10.1 Å². The number of thioether (sulfide) groups is 1. The first kappa shape index (κ1) is 22.3. The van der Waals surface area contributed by atoms with Crippen molar-refractivity contribution in [1.82, 2.24) is 19.3 Å². The zero-order valence-corrected chi connectivity index (χ0v) is 19.4. The summed E-state index contributed by atoms with van der Waals surface area (Å²) in [5.74, 6) is -0.696. The van der Waals surface area contributed by atoms with Gasteiger partial charge in [0.25, 0.3) is 0 Å². The molecule has 1 aromatic carbocycles. The number of pyridine rings is 2. The zero-order valence-electron chi connectivity index (χ0n) is 18.6. The van der Waals surface area contributed by atoms with Crippen LogP contribution in [0.2, 0.25) is 0 Å². The Morgan fingerprint density at radius 1 is 1.15 bits per heavy atom. The molecule has 0 radical (unpaired) electrons. The van der Waals surface area contributed by atoms with Gasteiger partial charge in [-0.25, -0.2) is 4.39 Å². The van der Waals surface area contributed by atoms with Crippen molar-refractivity contribution in [3.8, 4) is 11.1 Å². The highest BCUT2D eigenvalue weighted by atomic mass is 32.2. The van der Waals surface area contributed by atoms with Crippen LogP contribution in [0.5, 0.6) is 0 Å². The quantitative estimate of drug-likeness (QED) is 0.232. The van der Waals surface area contributed by atoms with Crippen molar-refractivity contribution >= 4 is 33.5 Å². The van der Waals surface area contributed by atoms with Crippen molar-refractivity contribution in [3.63, 3.8) is 0 Å². The first-order valence-electron chi connectivity index (χ1n) is 10.9. The standard InChI is InChI=1S/C24H24FN7OS/c1-31-13-17(11-29-31)16-10-21(25)23(26)32(14-16)24(27)34-20-2-3-22-15(9-20)8-19(12-28-22)30-18-4-6-33-7-5-18/h2-3,8-14,18,26-27,30H,4-7H2,1H3. The summed E-state index contributed by atoms with van der Waals surface area (Å²) in [4.78, 5) is 5.36. The second kappa shape index (κ2) is 9.40. The van der Waals surface area contributed by atoms with Gasteiger partial charge in [0.1, 0.15) is 0 Å². The highest BCUT2D eigenvalue weighted by Gasteiger charge is 2.15. The van der Waals surface area contributed by atoms with Crippen molar-refractivity contribution in [2.24, 2.45) is 7.05 Å². The third-order valence-corrected chi connectivity index (χ3v) is 6.61. The fraction of sp³-hybridized carbons (Fsp3) is 0.250. The highest BCUT2D eigenvalue weighted by molar-refractivity contribution is 8.13. The lowest BCUT2D eigenvalue weighted by atomic mass is 10.1. The van der Waals surface area contributed by atoms with Crippen molar-refractivity contribution < 1.29 is 9.13 Å². The summed E-state index contributed by atoms with van der Waals surface area (Å²) in [5.41, 5.74) is 2.71. The van der Waals surface area contributed by atoms with Gasteiger partial charge in [-0.15, -0.1) is 0 Å². The predicted molar refractivity (Wildman–Crippen MR) is 131 cm³/mol. The maximum absolute atomic E-state index is 14.5. The average molecular weight is 478 g/mol. The lowest BCUT2D eigenvalue weighted by molar-refractivity contribution is 0.0904. The Bertz CT molecular complexity index is 1420. The first-order valence-corrected chi connectivity index (χ1v) is 11.7. The van der Waals surface area contributed by atoms with E-state index in [0.717, 1.165) is 59.3 Å². The molecule has 3 N–H and O–H groups in total. The van der Waals surface area contributed by atoms with E-state index in [-0.39, 0.29) is 10.7 Å². The van der Waals surface area contributed by atoms with Crippen LogP contribution in [-0.4, -0.2) is 43.8 Å². The van der Waals surface area contributed by atoms with E-state index in [0.29, 0.717) is 17.2 Å². The second-order valence-electron chi connectivity index (χ2n) is 8.21. The molecule has 1 aliphatic heterocycles. The Hall–Kier alpha value is -3.50. The number of nitrogens with one attached hydrogen (secondary N) is 3. The van der Waals surface area contributed by atoms with E-state index in [9.17, 15) is 4.39 Å². The van der Waals surface area contributed by atoms with Crippen LogP contribution in [0, 0.1) is 16.6 Å². The van der Waals surface area contributed by atoms with Gasteiger partial charge in [0.15, 0.2) is 16.5 Å². The van der Waals surface area contributed by atoms with Crippen LogP contribution in [-0.2, 0) is 11.8 Å². The maximum Gasteiger partial charge on any atom is 0.171 e. The van der Waals surface area contributed by atoms with Crippen molar-refractivity contribution in [2.45, 2.75) is 23.8 Å². The normalized spacial score (nSPS) is 14.4. The number of halogens is 1. The molecule has 5 rings (SSSR count). The molecule has 0 aliphatic carbocycles. The lowest BCUT2D eigenvalue weighted by Crippen LogP contribution is -2.27. The third-order valence-electron chi connectivity index (χ3n) is 5.73. The van der Waals surface area contributed by atoms with E-state index in [1.165, 1.54) is 10.6 Å². The molecule has 0 unspecified atom stereocenters. The van der Waals surface area contributed by atoms with Crippen LogP contribution in [0.25, 0.3) is 22.0 Å². The molecule has 0 spiro atoms. The zero-order chi connectivity index (χ0) is 23.7. The van der Waals surface area contributed by atoms with Gasteiger partial charge in [-0.3, -0.25) is 25.1 Å². The summed E-state index contributed by atoms with van der Waals surface area (Å²) in [5, 5.41) is 25.3. The number of aryl methyl sites for hydroxylation is 1. The van der Waals surface area contributed by atoms with E-state index >= 15 is 0 Å². The smallest absolute Gasteiger partial charge is 0.171 e. The largest absolute Gasteiger partial charge is 0.381 e. The minimum Gasteiger partial charge on any atom is -0.381 e. The summed E-state index contributed by atoms with van der Waals surface area (Å²) < 4.78 is 22.8. The number of benzene rings is 1. The molecule has 4 aromatic rings. The molecule has 8 nitrogen and oxygen atoms in total. The van der Waals surface area contributed by atoms with Gasteiger partial charge in [0.05, 0.1) is 23.6 Å². The Morgan fingerprint density at radius 2 is 1.97 bits per heavy atom. The van der Waals surface area contributed by atoms with Crippen LogP contribution in [0.1, 0.15) is 12.8 Å². The Balaban J connectivity index is 1.39. The monoisotopic (exact) mass is 477 g/mol.